The van der Waals surface area contributed by atoms with Crippen LogP contribution in [0.2, 0.25) is 0 Å². The number of benzene rings is 3. The molecule has 5 rings (SSSR count). The number of likely N-dealkylation sites (N-methyl/N-ethyl adjacent to an activating group) is 2. The van der Waals surface area contributed by atoms with E-state index in [0.29, 0.717) is 12.8 Å². The summed E-state index contributed by atoms with van der Waals surface area (Å²) in [5, 5.41) is 7.98. The van der Waals surface area contributed by atoms with Crippen molar-refractivity contribution in [2.75, 3.05) is 33.8 Å². The van der Waals surface area contributed by atoms with Gasteiger partial charge in [0.1, 0.15) is 24.2 Å². The summed E-state index contributed by atoms with van der Waals surface area (Å²) < 4.78 is 20.7. The van der Waals surface area contributed by atoms with Gasteiger partial charge in [0, 0.05) is 46.1 Å². The molecule has 2 heterocycles. The molecular formula is C37H44FN5O6. The van der Waals surface area contributed by atoms with Gasteiger partial charge in [-0.15, -0.1) is 0 Å². The van der Waals surface area contributed by atoms with Crippen molar-refractivity contribution in [2.45, 2.75) is 70.1 Å². The molecule has 1 saturated heterocycles. The van der Waals surface area contributed by atoms with E-state index < -0.39 is 29.7 Å². The maximum absolute atomic E-state index is 14.6. The van der Waals surface area contributed by atoms with Gasteiger partial charge < -0.3 is 30.1 Å². The zero-order chi connectivity index (χ0) is 35.1. The third-order valence-corrected chi connectivity index (χ3v) is 9.26. The van der Waals surface area contributed by atoms with Gasteiger partial charge in [0.25, 0.3) is 5.91 Å². The third-order valence-electron chi connectivity index (χ3n) is 9.26. The quantitative estimate of drug-likeness (QED) is 0.394. The molecule has 260 valence electrons. The second kappa shape index (κ2) is 15.9. The van der Waals surface area contributed by atoms with E-state index in [-0.39, 0.29) is 74.2 Å². The maximum Gasteiger partial charge on any atom is 0.258 e. The minimum Gasteiger partial charge on any atom is -0.491 e. The van der Waals surface area contributed by atoms with Crippen molar-refractivity contribution >= 4 is 40.3 Å². The zero-order valence-corrected chi connectivity index (χ0v) is 28.2. The number of hydrogen-bond donors (Lipinski definition) is 2. The lowest BCUT2D eigenvalue weighted by atomic mass is 10.0. The summed E-state index contributed by atoms with van der Waals surface area (Å²) in [5.74, 6) is -2.49. The largest absolute Gasteiger partial charge is 0.491 e. The van der Waals surface area contributed by atoms with E-state index in [9.17, 15) is 28.4 Å². The lowest BCUT2D eigenvalue weighted by Gasteiger charge is -2.28. The number of carbonyl (C=O) groups is 5. The van der Waals surface area contributed by atoms with Crippen LogP contribution >= 0.6 is 0 Å². The molecule has 0 saturated carbocycles. The molecule has 3 aromatic carbocycles. The minimum atomic E-state index is -1.08. The zero-order valence-electron chi connectivity index (χ0n) is 28.2. The molecule has 0 aliphatic carbocycles. The second-order valence-corrected chi connectivity index (χ2v) is 12.9. The number of rotatable bonds is 7. The number of amides is 5. The molecule has 1 fully saturated rings. The number of fused-ring (bicyclic) bond motifs is 3. The van der Waals surface area contributed by atoms with Gasteiger partial charge >= 0.3 is 0 Å². The molecule has 2 N–H and O–H groups in total. The van der Waals surface area contributed by atoms with Gasteiger partial charge in [-0.25, -0.2) is 4.39 Å². The van der Waals surface area contributed by atoms with Crippen LogP contribution in [0.25, 0.3) is 10.8 Å². The molecule has 5 amide bonds. The lowest BCUT2D eigenvalue weighted by Crippen LogP contribution is -2.48. The minimum absolute atomic E-state index is 0.0317. The van der Waals surface area contributed by atoms with E-state index in [1.807, 2.05) is 49.4 Å². The summed E-state index contributed by atoms with van der Waals surface area (Å²) >= 11 is 0. The fourth-order valence-electron chi connectivity index (χ4n) is 6.42. The Kier molecular flexibility index (Phi) is 11.5. The van der Waals surface area contributed by atoms with Crippen LogP contribution in [0.5, 0.6) is 5.75 Å². The topological polar surface area (TPSA) is 128 Å². The predicted octanol–water partition coefficient (Wildman–Crippen LogP) is 3.64. The van der Waals surface area contributed by atoms with Gasteiger partial charge in [0.2, 0.25) is 23.6 Å². The average molecular weight is 674 g/mol. The Hall–Kier alpha value is -5.00. The average Bonchev–Trinajstić information content (AvgIpc) is 3.50. The molecule has 2 aliphatic heterocycles. The first kappa shape index (κ1) is 35.3. The van der Waals surface area contributed by atoms with E-state index in [1.165, 1.54) is 36.0 Å². The van der Waals surface area contributed by atoms with E-state index in [0.717, 1.165) is 35.2 Å². The summed E-state index contributed by atoms with van der Waals surface area (Å²) in [6.45, 7) is 2.19. The molecule has 3 atom stereocenters. The van der Waals surface area contributed by atoms with E-state index in [4.69, 9.17) is 4.74 Å². The number of hydrogen-bond acceptors (Lipinski definition) is 6. The monoisotopic (exact) mass is 673 g/mol. The molecule has 0 aromatic heterocycles. The van der Waals surface area contributed by atoms with Gasteiger partial charge in [-0.3, -0.25) is 24.0 Å². The summed E-state index contributed by atoms with van der Waals surface area (Å²) in [6, 6.07) is 15.4. The fourth-order valence-corrected chi connectivity index (χ4v) is 6.42. The van der Waals surface area contributed by atoms with Crippen molar-refractivity contribution in [1.29, 1.82) is 0 Å². The molecule has 0 spiro atoms. The van der Waals surface area contributed by atoms with Crippen molar-refractivity contribution in [2.24, 2.45) is 0 Å². The van der Waals surface area contributed by atoms with Crippen LogP contribution < -0.4 is 15.4 Å². The molecule has 3 aromatic rings. The summed E-state index contributed by atoms with van der Waals surface area (Å²) in [5.41, 5.74) is 0.769. The Morgan fingerprint density at radius 2 is 1.76 bits per heavy atom. The fraction of sp³-hybridized carbons (Fsp3) is 0.432. The lowest BCUT2D eigenvalue weighted by molar-refractivity contribution is -0.140. The molecule has 49 heavy (non-hydrogen) atoms. The molecular weight excluding hydrogens is 629 g/mol. The molecule has 2 aliphatic rings. The molecule has 12 heteroatoms. The van der Waals surface area contributed by atoms with Crippen LogP contribution in [-0.2, 0) is 25.7 Å². The van der Waals surface area contributed by atoms with Crippen molar-refractivity contribution in [1.82, 2.24) is 25.3 Å². The van der Waals surface area contributed by atoms with Gasteiger partial charge in [-0.1, -0.05) is 49.7 Å². The Morgan fingerprint density at radius 1 is 0.980 bits per heavy atom. The Bertz CT molecular complexity index is 1720. The first-order valence-electron chi connectivity index (χ1n) is 16.8. The van der Waals surface area contributed by atoms with Crippen LogP contribution in [-0.4, -0.2) is 96.2 Å². The number of ether oxygens (including phenoxy) is 1. The summed E-state index contributed by atoms with van der Waals surface area (Å²) in [4.78, 5) is 71.0. The molecule has 11 nitrogen and oxygen atoms in total. The summed E-state index contributed by atoms with van der Waals surface area (Å²) in [7, 11) is 2.96. The summed E-state index contributed by atoms with van der Waals surface area (Å²) in [6.07, 6.45) is 2.27. The smallest absolute Gasteiger partial charge is 0.258 e. The molecule has 0 bridgehead atoms. The van der Waals surface area contributed by atoms with E-state index in [1.54, 1.807) is 4.90 Å². The van der Waals surface area contributed by atoms with Gasteiger partial charge in [-0.05, 0) is 59.9 Å². The normalized spacial score (nSPS) is 20.6. The first-order valence-corrected chi connectivity index (χ1v) is 16.8. The number of nitrogens with zero attached hydrogens (tertiary/aromatic N) is 3. The van der Waals surface area contributed by atoms with Gasteiger partial charge in [-0.2, -0.15) is 0 Å². The highest BCUT2D eigenvalue weighted by molar-refractivity contribution is 5.99. The van der Waals surface area contributed by atoms with Gasteiger partial charge in [0.15, 0.2) is 0 Å². The van der Waals surface area contributed by atoms with Crippen LogP contribution in [0.4, 0.5) is 4.39 Å². The Labute approximate surface area is 285 Å². The number of halogens is 1. The number of carbonyl (C=O) groups excluding carboxylic acids is 5. The standard InChI is InChI=1S/C37H44FN5O6/c1-4-5-10-33(44)40-28-19-29-23-49-32-15-13-27(38)18-30(32)37(48)42(3)31(14-16-34(45)41(2)22-35(46)43(29)21-28)36(47)39-20-24-11-12-25-8-6-7-9-26(25)17-24/h6-9,11-13,15,17-18,28-29,31H,4-5,10,14,16,19-23H2,1-3H3,(H,39,47)(H,40,44)/t28-,29+,31-/m1/s1. The number of nitrogens with one attached hydrogen (secondary N) is 2. The Morgan fingerprint density at radius 3 is 2.53 bits per heavy atom. The highest BCUT2D eigenvalue weighted by atomic mass is 19.1. The SMILES string of the molecule is CCCCC(=O)N[C@@H]1C[C@H]2COc3ccc(F)cc3C(=O)N(C)[C@@H](C(=O)NCc3ccc4ccccc4c3)CCC(=O)N(C)CC(=O)N2C1. The van der Waals surface area contributed by atoms with Crippen LogP contribution in [0.1, 0.15) is 61.4 Å². The number of unbranched alkanes of at least 4 members (excludes halogenated alkanes) is 1. The maximum atomic E-state index is 14.6. The predicted molar refractivity (Wildman–Crippen MR) is 182 cm³/mol. The molecule has 0 unspecified atom stereocenters. The van der Waals surface area contributed by atoms with Crippen LogP contribution in [0.15, 0.2) is 60.7 Å². The third kappa shape index (κ3) is 8.73. The van der Waals surface area contributed by atoms with Crippen molar-refractivity contribution in [3.63, 3.8) is 0 Å². The van der Waals surface area contributed by atoms with E-state index in [2.05, 4.69) is 10.6 Å². The van der Waals surface area contributed by atoms with Crippen molar-refractivity contribution in [3.05, 3.63) is 77.6 Å². The van der Waals surface area contributed by atoms with Crippen molar-refractivity contribution in [3.8, 4) is 5.75 Å². The second-order valence-electron chi connectivity index (χ2n) is 12.9. The van der Waals surface area contributed by atoms with Gasteiger partial charge in [0.05, 0.1) is 18.2 Å². The highest BCUT2D eigenvalue weighted by Crippen LogP contribution is 2.26. The highest BCUT2D eigenvalue weighted by Gasteiger charge is 2.38. The first-order chi connectivity index (χ1) is 23.5. The molecule has 0 radical (unpaired) electrons. The van der Waals surface area contributed by atoms with Crippen LogP contribution in [0.3, 0.4) is 0 Å². The Balaban J connectivity index is 1.38. The van der Waals surface area contributed by atoms with Crippen LogP contribution in [0, 0.1) is 5.82 Å². The van der Waals surface area contributed by atoms with Crippen molar-refractivity contribution < 1.29 is 33.1 Å². The van der Waals surface area contributed by atoms with E-state index >= 15 is 0 Å².